The fourth-order valence-corrected chi connectivity index (χ4v) is 7.58. The highest BCUT2D eigenvalue weighted by molar-refractivity contribution is 5.92. The van der Waals surface area contributed by atoms with Crippen molar-refractivity contribution in [2.24, 2.45) is 34.5 Å². The van der Waals surface area contributed by atoms with Gasteiger partial charge in [0.25, 0.3) is 0 Å². The number of carbonyl (C=O) groups excluding carboxylic acids is 3. The van der Waals surface area contributed by atoms with Crippen LogP contribution in [-0.2, 0) is 14.3 Å². The molecule has 0 saturated heterocycles. The Kier molecular flexibility index (Phi) is 5.30. The molecule has 174 valence electrons. The number of ether oxygens (including phenoxy) is 1. The van der Waals surface area contributed by atoms with Gasteiger partial charge in [0.05, 0.1) is 0 Å². The third-order valence-corrected chi connectivity index (χ3v) is 9.07. The van der Waals surface area contributed by atoms with Gasteiger partial charge in [-0.25, -0.2) is 9.78 Å². The highest BCUT2D eigenvalue weighted by Crippen LogP contribution is 2.65. The summed E-state index contributed by atoms with van der Waals surface area (Å²) < 4.78 is 6.16. The lowest BCUT2D eigenvalue weighted by Crippen LogP contribution is -2.57. The molecule has 1 heterocycles. The summed E-state index contributed by atoms with van der Waals surface area (Å²) in [4.78, 5) is 41.9. The molecule has 1 aromatic heterocycles. The number of hydrogen-bond donors (Lipinski definition) is 1. The van der Waals surface area contributed by atoms with Crippen LogP contribution in [0.1, 0.15) is 52.9 Å². The monoisotopic (exact) mass is 448 g/mol. The SMILES string of the molecule is CC(=O)[C@H]1CC[C@H]2C3C=CC4=CC(=O)CC[C@@]4(C)[C@@H]3[C@@H](OC(=O)Nc3ccccn3)C[C@]12C. The van der Waals surface area contributed by atoms with E-state index in [4.69, 9.17) is 4.74 Å². The molecule has 6 heteroatoms. The lowest BCUT2D eigenvalue weighted by atomic mass is 9.47. The van der Waals surface area contributed by atoms with Crippen LogP contribution in [0.3, 0.4) is 0 Å². The van der Waals surface area contributed by atoms with Crippen LogP contribution < -0.4 is 5.32 Å². The maximum atomic E-state index is 13.0. The van der Waals surface area contributed by atoms with E-state index in [1.807, 2.05) is 6.07 Å². The van der Waals surface area contributed by atoms with Crippen LogP contribution in [0.25, 0.3) is 0 Å². The predicted octanol–water partition coefficient (Wildman–Crippen LogP) is 5.12. The molecule has 33 heavy (non-hydrogen) atoms. The number of hydrogen-bond acceptors (Lipinski definition) is 5. The van der Waals surface area contributed by atoms with Crippen LogP contribution in [0.4, 0.5) is 10.6 Å². The first-order valence-electron chi connectivity index (χ1n) is 12.0. The van der Waals surface area contributed by atoms with Crippen LogP contribution >= 0.6 is 0 Å². The number of nitrogens with one attached hydrogen (secondary N) is 1. The minimum atomic E-state index is -0.521. The summed E-state index contributed by atoms with van der Waals surface area (Å²) in [6, 6.07) is 5.33. The standard InChI is InChI=1S/C27H32N2O4/c1-16(30)20-9-10-21-19-8-7-17-14-18(31)11-12-26(17,2)24(19)22(15-27(20,21)3)33-25(32)29-23-6-4-5-13-28-23/h4-8,13-14,19-22,24H,9-12,15H2,1-3H3,(H,28,29,32)/t19?,20-,21+,22+,24+,26-,27-/m1/s1. The van der Waals surface area contributed by atoms with Gasteiger partial charge in [0.2, 0.25) is 0 Å². The third-order valence-electron chi connectivity index (χ3n) is 9.07. The molecule has 0 spiro atoms. The van der Waals surface area contributed by atoms with Crippen LogP contribution in [0, 0.1) is 34.5 Å². The molecule has 4 aliphatic rings. The molecule has 4 aliphatic carbocycles. The van der Waals surface area contributed by atoms with Crippen molar-refractivity contribution in [3.63, 3.8) is 0 Å². The van der Waals surface area contributed by atoms with Crippen molar-refractivity contribution < 1.29 is 19.1 Å². The van der Waals surface area contributed by atoms with Gasteiger partial charge in [0, 0.05) is 24.5 Å². The zero-order chi connectivity index (χ0) is 23.4. The molecule has 0 aliphatic heterocycles. The smallest absolute Gasteiger partial charge is 0.413 e. The van der Waals surface area contributed by atoms with E-state index < -0.39 is 6.09 Å². The summed E-state index contributed by atoms with van der Waals surface area (Å²) in [6.07, 6.45) is 10.7. The Morgan fingerprint density at radius 1 is 1.21 bits per heavy atom. The third kappa shape index (κ3) is 3.54. The summed E-state index contributed by atoms with van der Waals surface area (Å²) in [6.45, 7) is 6.13. The van der Waals surface area contributed by atoms with Gasteiger partial charge in [-0.1, -0.05) is 32.1 Å². The van der Waals surface area contributed by atoms with Gasteiger partial charge in [0.15, 0.2) is 5.78 Å². The molecule has 1 amide bonds. The number of allylic oxidation sites excluding steroid dienone is 4. The molecule has 0 bridgehead atoms. The van der Waals surface area contributed by atoms with Gasteiger partial charge < -0.3 is 4.74 Å². The van der Waals surface area contributed by atoms with Crippen molar-refractivity contribution in [2.75, 3.05) is 5.32 Å². The van der Waals surface area contributed by atoms with Crippen LogP contribution in [-0.4, -0.2) is 28.7 Å². The van der Waals surface area contributed by atoms with Crippen molar-refractivity contribution >= 4 is 23.5 Å². The molecule has 1 unspecified atom stereocenters. The minimum Gasteiger partial charge on any atom is -0.446 e. The normalized spacial score (nSPS) is 39.1. The second-order valence-electron chi connectivity index (χ2n) is 10.8. The number of Topliss-reactive ketones (excluding diaryl/α,β-unsaturated/α-hetero) is 1. The fraction of sp³-hybridized carbons (Fsp3) is 0.556. The van der Waals surface area contributed by atoms with Crippen molar-refractivity contribution in [1.29, 1.82) is 0 Å². The number of amides is 1. The molecule has 1 aromatic rings. The summed E-state index contributed by atoms with van der Waals surface area (Å²) in [7, 11) is 0. The predicted molar refractivity (Wildman–Crippen MR) is 124 cm³/mol. The molecule has 0 radical (unpaired) electrons. The average Bonchev–Trinajstić information content (AvgIpc) is 3.11. The molecular formula is C27H32N2O4. The van der Waals surface area contributed by atoms with Gasteiger partial charge in [-0.05, 0) is 79.1 Å². The zero-order valence-electron chi connectivity index (χ0n) is 19.5. The van der Waals surface area contributed by atoms with E-state index in [2.05, 4.69) is 36.3 Å². The Morgan fingerprint density at radius 2 is 2.03 bits per heavy atom. The van der Waals surface area contributed by atoms with Crippen molar-refractivity contribution in [3.8, 4) is 0 Å². The number of ketones is 2. The number of anilines is 1. The van der Waals surface area contributed by atoms with E-state index in [1.54, 1.807) is 31.3 Å². The Bertz CT molecular complexity index is 1050. The second kappa shape index (κ2) is 7.93. The first-order valence-corrected chi connectivity index (χ1v) is 12.0. The topological polar surface area (TPSA) is 85.4 Å². The zero-order valence-corrected chi connectivity index (χ0v) is 19.5. The molecule has 1 N–H and O–H groups in total. The van der Waals surface area contributed by atoms with Crippen LogP contribution in [0.15, 0.2) is 48.2 Å². The Balaban J connectivity index is 1.52. The van der Waals surface area contributed by atoms with E-state index in [0.717, 1.165) is 24.8 Å². The van der Waals surface area contributed by atoms with Gasteiger partial charge in [-0.3, -0.25) is 14.9 Å². The van der Waals surface area contributed by atoms with Gasteiger partial charge in [0.1, 0.15) is 17.7 Å². The molecule has 0 aromatic carbocycles. The van der Waals surface area contributed by atoms with E-state index >= 15 is 0 Å². The molecule has 5 rings (SSSR count). The Morgan fingerprint density at radius 3 is 2.76 bits per heavy atom. The Labute approximate surface area is 194 Å². The molecule has 6 nitrogen and oxygen atoms in total. The average molecular weight is 449 g/mol. The molecule has 2 saturated carbocycles. The molecular weight excluding hydrogens is 416 g/mol. The summed E-state index contributed by atoms with van der Waals surface area (Å²) in [5, 5.41) is 2.76. The van der Waals surface area contributed by atoms with E-state index in [1.165, 1.54) is 0 Å². The lowest BCUT2D eigenvalue weighted by Gasteiger charge is -2.58. The highest BCUT2D eigenvalue weighted by Gasteiger charge is 2.63. The molecule has 7 atom stereocenters. The fourth-order valence-electron chi connectivity index (χ4n) is 7.58. The van der Waals surface area contributed by atoms with Crippen LogP contribution in [0.2, 0.25) is 0 Å². The van der Waals surface area contributed by atoms with Crippen molar-refractivity contribution in [2.45, 2.75) is 59.0 Å². The number of rotatable bonds is 3. The van der Waals surface area contributed by atoms with E-state index in [0.29, 0.717) is 24.6 Å². The van der Waals surface area contributed by atoms with Crippen LogP contribution in [0.5, 0.6) is 0 Å². The van der Waals surface area contributed by atoms with Crippen molar-refractivity contribution in [3.05, 3.63) is 48.2 Å². The number of nitrogens with zero attached hydrogens (tertiary/aromatic N) is 1. The van der Waals surface area contributed by atoms with Crippen molar-refractivity contribution in [1.82, 2.24) is 4.98 Å². The lowest BCUT2D eigenvalue weighted by molar-refractivity contribution is -0.134. The highest BCUT2D eigenvalue weighted by atomic mass is 16.6. The summed E-state index contributed by atoms with van der Waals surface area (Å²) in [5.41, 5.74) is 0.595. The number of pyridine rings is 1. The maximum Gasteiger partial charge on any atom is 0.413 e. The number of fused-ring (bicyclic) bond motifs is 5. The van der Waals surface area contributed by atoms with Gasteiger partial charge in [-0.15, -0.1) is 0 Å². The first-order chi connectivity index (χ1) is 15.7. The summed E-state index contributed by atoms with van der Waals surface area (Å²) in [5.74, 6) is 1.46. The summed E-state index contributed by atoms with van der Waals surface area (Å²) >= 11 is 0. The second-order valence-corrected chi connectivity index (χ2v) is 10.8. The quantitative estimate of drug-likeness (QED) is 0.694. The molecule has 2 fully saturated rings. The first kappa shape index (κ1) is 22.1. The van der Waals surface area contributed by atoms with E-state index in [-0.39, 0.29) is 46.3 Å². The number of carbonyl (C=O) groups is 3. The Hall–Kier alpha value is -2.76. The largest absolute Gasteiger partial charge is 0.446 e. The van der Waals surface area contributed by atoms with Gasteiger partial charge >= 0.3 is 6.09 Å². The van der Waals surface area contributed by atoms with Gasteiger partial charge in [-0.2, -0.15) is 0 Å². The minimum absolute atomic E-state index is 0.0144. The number of aromatic nitrogens is 1. The maximum absolute atomic E-state index is 13.0. The van der Waals surface area contributed by atoms with E-state index in [9.17, 15) is 14.4 Å².